The number of fused-ring (bicyclic) bond motifs is 2. The first-order chi connectivity index (χ1) is 11.1. The first-order valence-corrected chi connectivity index (χ1v) is 8.94. The van der Waals surface area contributed by atoms with Gasteiger partial charge in [-0.3, -0.25) is 4.79 Å². The summed E-state index contributed by atoms with van der Waals surface area (Å²) in [7, 11) is 0. The van der Waals surface area contributed by atoms with Crippen LogP contribution < -0.4 is 15.8 Å². The topological polar surface area (TPSA) is 84.6 Å². The smallest absolute Gasteiger partial charge is 0.225 e. The van der Waals surface area contributed by atoms with Gasteiger partial charge in [-0.15, -0.1) is 12.4 Å². The molecule has 2 saturated carbocycles. The highest BCUT2D eigenvalue weighted by Gasteiger charge is 2.48. The average molecular weight is 420 g/mol. The summed E-state index contributed by atoms with van der Waals surface area (Å²) >= 11 is 3.39. The van der Waals surface area contributed by atoms with Crippen molar-refractivity contribution in [3.05, 3.63) is 28.7 Å². The fourth-order valence-corrected chi connectivity index (χ4v) is 4.27. The summed E-state index contributed by atoms with van der Waals surface area (Å²) in [6.07, 6.45) is 2.58. The highest BCUT2D eigenvalue weighted by molar-refractivity contribution is 9.10. The number of aliphatic hydroxyl groups is 1. The number of carbonyl (C=O) groups is 1. The van der Waals surface area contributed by atoms with Crippen molar-refractivity contribution in [3.8, 4) is 5.75 Å². The molecule has 4 N–H and O–H groups in total. The summed E-state index contributed by atoms with van der Waals surface area (Å²) in [5, 5.41) is 12.8. The summed E-state index contributed by atoms with van der Waals surface area (Å²) < 4.78 is 6.39. The van der Waals surface area contributed by atoms with Gasteiger partial charge in [0.1, 0.15) is 18.5 Å². The van der Waals surface area contributed by atoms with E-state index in [-0.39, 0.29) is 43.4 Å². The zero-order valence-electron chi connectivity index (χ0n) is 13.4. The van der Waals surface area contributed by atoms with Gasteiger partial charge in [-0.1, -0.05) is 12.1 Å². The number of amides is 1. The lowest BCUT2D eigenvalue weighted by Crippen LogP contribution is -2.47. The largest absolute Gasteiger partial charge is 0.490 e. The number of hydrogen-bond acceptors (Lipinski definition) is 4. The standard InChI is InChI=1S/C17H23BrN2O3.ClH/c18-13-3-1-2-4-14(13)23-9-12(21)8-20-17(22)15-10-5-6-11(7-10)16(15)19;/h1-4,10-12,15-16,21H,5-9,19H2,(H,20,22);1H. The van der Waals surface area contributed by atoms with E-state index in [1.807, 2.05) is 24.3 Å². The molecule has 0 spiro atoms. The molecular formula is C17H24BrClN2O3. The van der Waals surface area contributed by atoms with E-state index in [2.05, 4.69) is 21.2 Å². The number of aliphatic hydroxyl groups excluding tert-OH is 1. The SMILES string of the molecule is Cl.NC1C2CCC(C2)C1C(=O)NCC(O)COc1ccccc1Br. The van der Waals surface area contributed by atoms with E-state index in [1.165, 1.54) is 0 Å². The van der Waals surface area contributed by atoms with Crippen molar-refractivity contribution < 1.29 is 14.6 Å². The molecule has 2 aliphatic rings. The number of hydrogen-bond donors (Lipinski definition) is 3. The van der Waals surface area contributed by atoms with Crippen molar-refractivity contribution in [2.75, 3.05) is 13.2 Å². The summed E-state index contributed by atoms with van der Waals surface area (Å²) in [6, 6.07) is 7.43. The molecule has 5 nitrogen and oxygen atoms in total. The molecule has 2 fully saturated rings. The molecule has 24 heavy (non-hydrogen) atoms. The molecule has 5 unspecified atom stereocenters. The molecule has 0 aromatic heterocycles. The summed E-state index contributed by atoms with van der Waals surface area (Å²) in [4.78, 5) is 12.3. The van der Waals surface area contributed by atoms with E-state index in [1.54, 1.807) is 0 Å². The molecule has 2 aliphatic carbocycles. The lowest BCUT2D eigenvalue weighted by Gasteiger charge is -2.27. The van der Waals surface area contributed by atoms with Gasteiger partial charge in [-0.2, -0.15) is 0 Å². The number of carbonyl (C=O) groups excluding carboxylic acids is 1. The minimum Gasteiger partial charge on any atom is -0.490 e. The second-order valence-corrected chi connectivity index (χ2v) is 7.43. The summed E-state index contributed by atoms with van der Waals surface area (Å²) in [5.41, 5.74) is 6.17. The van der Waals surface area contributed by atoms with Crippen LogP contribution in [-0.2, 0) is 4.79 Å². The van der Waals surface area contributed by atoms with Gasteiger partial charge in [0, 0.05) is 12.6 Å². The zero-order valence-corrected chi connectivity index (χ0v) is 15.8. The Morgan fingerprint density at radius 3 is 2.75 bits per heavy atom. The first-order valence-electron chi connectivity index (χ1n) is 8.15. The Morgan fingerprint density at radius 2 is 2.08 bits per heavy atom. The van der Waals surface area contributed by atoms with Gasteiger partial charge in [0.2, 0.25) is 5.91 Å². The van der Waals surface area contributed by atoms with Crippen LogP contribution in [0.5, 0.6) is 5.75 Å². The van der Waals surface area contributed by atoms with Crippen LogP contribution in [0.15, 0.2) is 28.7 Å². The molecular weight excluding hydrogens is 396 g/mol. The third kappa shape index (κ3) is 4.23. The monoisotopic (exact) mass is 418 g/mol. The van der Waals surface area contributed by atoms with Gasteiger partial charge in [0.05, 0.1) is 10.4 Å². The number of rotatable bonds is 6. The Bertz CT molecular complexity index is 573. The minimum atomic E-state index is -0.749. The Kier molecular flexibility index (Phi) is 6.92. The van der Waals surface area contributed by atoms with Gasteiger partial charge in [0.25, 0.3) is 0 Å². The van der Waals surface area contributed by atoms with Crippen molar-refractivity contribution in [1.29, 1.82) is 0 Å². The summed E-state index contributed by atoms with van der Waals surface area (Å²) in [6.45, 7) is 0.315. The van der Waals surface area contributed by atoms with Crippen LogP contribution in [0, 0.1) is 17.8 Å². The molecule has 1 aromatic carbocycles. The van der Waals surface area contributed by atoms with Gasteiger partial charge in [0.15, 0.2) is 0 Å². The maximum Gasteiger partial charge on any atom is 0.225 e. The average Bonchev–Trinajstić information content (AvgIpc) is 3.13. The third-order valence-electron chi connectivity index (χ3n) is 5.06. The highest BCUT2D eigenvalue weighted by atomic mass is 79.9. The lowest BCUT2D eigenvalue weighted by atomic mass is 9.84. The number of para-hydroxylation sites is 1. The second-order valence-electron chi connectivity index (χ2n) is 6.58. The van der Waals surface area contributed by atoms with Crippen LogP contribution in [0.25, 0.3) is 0 Å². The predicted molar refractivity (Wildman–Crippen MR) is 98.2 cm³/mol. The van der Waals surface area contributed by atoms with Crippen molar-refractivity contribution in [2.45, 2.75) is 31.4 Å². The van der Waals surface area contributed by atoms with Crippen molar-refractivity contribution >= 4 is 34.2 Å². The van der Waals surface area contributed by atoms with E-state index in [0.29, 0.717) is 17.6 Å². The number of nitrogens with two attached hydrogens (primary N) is 1. The molecule has 0 heterocycles. The maximum absolute atomic E-state index is 12.3. The minimum absolute atomic E-state index is 0. The molecule has 1 amide bonds. The van der Waals surface area contributed by atoms with Crippen LogP contribution in [0.1, 0.15) is 19.3 Å². The quantitative estimate of drug-likeness (QED) is 0.659. The number of halogens is 2. The van der Waals surface area contributed by atoms with Gasteiger partial charge >= 0.3 is 0 Å². The third-order valence-corrected chi connectivity index (χ3v) is 5.72. The Labute approximate surface area is 156 Å². The summed E-state index contributed by atoms with van der Waals surface area (Å²) in [5.74, 6) is 1.48. The molecule has 0 radical (unpaired) electrons. The molecule has 134 valence electrons. The van der Waals surface area contributed by atoms with E-state index in [0.717, 1.165) is 23.7 Å². The lowest BCUT2D eigenvalue weighted by molar-refractivity contribution is -0.127. The molecule has 7 heteroatoms. The van der Waals surface area contributed by atoms with Crippen LogP contribution in [0.2, 0.25) is 0 Å². The van der Waals surface area contributed by atoms with Crippen molar-refractivity contribution in [3.63, 3.8) is 0 Å². The van der Waals surface area contributed by atoms with Crippen LogP contribution in [-0.4, -0.2) is 36.3 Å². The molecule has 0 aliphatic heterocycles. The first kappa shape index (κ1) is 19.5. The molecule has 3 rings (SSSR count). The van der Waals surface area contributed by atoms with Crippen LogP contribution >= 0.6 is 28.3 Å². The Hall–Kier alpha value is -0.820. The van der Waals surface area contributed by atoms with Gasteiger partial charge < -0.3 is 20.9 Å². The van der Waals surface area contributed by atoms with E-state index >= 15 is 0 Å². The van der Waals surface area contributed by atoms with Gasteiger partial charge in [-0.25, -0.2) is 0 Å². The normalized spacial score (nSPS) is 29.0. The number of ether oxygens (including phenoxy) is 1. The van der Waals surface area contributed by atoms with Crippen molar-refractivity contribution in [2.24, 2.45) is 23.5 Å². The predicted octanol–water partition coefficient (Wildman–Crippen LogP) is 2.10. The second kappa shape index (κ2) is 8.52. The van der Waals surface area contributed by atoms with Crippen molar-refractivity contribution in [1.82, 2.24) is 5.32 Å². The molecule has 5 atom stereocenters. The highest BCUT2D eigenvalue weighted by Crippen LogP contribution is 2.47. The fourth-order valence-electron chi connectivity index (χ4n) is 3.87. The van der Waals surface area contributed by atoms with Crippen LogP contribution in [0.3, 0.4) is 0 Å². The van der Waals surface area contributed by atoms with E-state index in [9.17, 15) is 9.90 Å². The number of benzene rings is 1. The van der Waals surface area contributed by atoms with E-state index in [4.69, 9.17) is 10.5 Å². The van der Waals surface area contributed by atoms with Gasteiger partial charge in [-0.05, 0) is 59.2 Å². The number of nitrogens with one attached hydrogen (secondary N) is 1. The maximum atomic E-state index is 12.3. The van der Waals surface area contributed by atoms with E-state index < -0.39 is 6.10 Å². The molecule has 0 saturated heterocycles. The zero-order chi connectivity index (χ0) is 16.4. The Balaban J connectivity index is 0.00000208. The molecule has 1 aromatic rings. The fraction of sp³-hybridized carbons (Fsp3) is 0.588. The molecule has 2 bridgehead atoms. The Morgan fingerprint density at radius 1 is 1.38 bits per heavy atom. The van der Waals surface area contributed by atoms with Crippen LogP contribution in [0.4, 0.5) is 0 Å².